The van der Waals surface area contributed by atoms with Crippen molar-refractivity contribution >= 4 is 17.7 Å². The molecule has 3 heteroatoms. The van der Waals surface area contributed by atoms with E-state index in [0.29, 0.717) is 0 Å². The molecule has 1 saturated heterocycles. The summed E-state index contributed by atoms with van der Waals surface area (Å²) in [4.78, 5) is 2.33. The number of likely N-dealkylation sites (tertiary alicyclic amines) is 1. The second-order valence-corrected chi connectivity index (χ2v) is 6.93. The molecule has 0 atom stereocenters. The highest BCUT2D eigenvalue weighted by Gasteiger charge is 2.22. The fraction of sp³-hybridized carbons (Fsp3) is 0.273. The molecule has 4 rings (SSSR count). The van der Waals surface area contributed by atoms with Crippen LogP contribution in [0.25, 0.3) is 17.7 Å². The van der Waals surface area contributed by atoms with Gasteiger partial charge >= 0.3 is 0 Å². The van der Waals surface area contributed by atoms with Crippen molar-refractivity contribution in [3.05, 3.63) is 75.6 Å². The molecule has 2 nitrogen and oxygen atoms in total. The van der Waals surface area contributed by atoms with E-state index in [4.69, 9.17) is 0 Å². The Morgan fingerprint density at radius 3 is 2.28 bits per heavy atom. The van der Waals surface area contributed by atoms with Crippen molar-refractivity contribution in [3.8, 4) is 0 Å². The molecule has 25 heavy (non-hydrogen) atoms. The molecule has 0 aromatic heterocycles. The van der Waals surface area contributed by atoms with Crippen molar-refractivity contribution in [2.75, 3.05) is 20.1 Å². The highest BCUT2D eigenvalue weighted by Crippen LogP contribution is 2.39. The molecule has 0 saturated carbocycles. The summed E-state index contributed by atoms with van der Waals surface area (Å²) in [5.41, 5.74) is 7.65. The number of fused-ring (bicyclic) bond motifs is 2. The van der Waals surface area contributed by atoms with E-state index in [0.717, 1.165) is 59.3 Å². The van der Waals surface area contributed by atoms with Crippen molar-refractivity contribution in [3.63, 3.8) is 0 Å². The van der Waals surface area contributed by atoms with E-state index < -0.39 is 0 Å². The minimum atomic E-state index is -0.208. The van der Waals surface area contributed by atoms with Crippen LogP contribution in [0, 0.1) is 5.82 Å². The van der Waals surface area contributed by atoms with Crippen LogP contribution in [0.1, 0.15) is 40.7 Å². The molecule has 1 N–H and O–H groups in total. The van der Waals surface area contributed by atoms with Gasteiger partial charge in [0.1, 0.15) is 5.82 Å². The number of hydrogen-bond donors (Lipinski definition) is 1. The lowest BCUT2D eigenvalue weighted by Crippen LogP contribution is -2.27. The van der Waals surface area contributed by atoms with Crippen LogP contribution < -0.4 is 0 Å². The zero-order chi connectivity index (χ0) is 17.4. The van der Waals surface area contributed by atoms with Gasteiger partial charge in [0.2, 0.25) is 0 Å². The van der Waals surface area contributed by atoms with Gasteiger partial charge in [0.15, 0.2) is 0 Å². The van der Waals surface area contributed by atoms with E-state index in [-0.39, 0.29) is 12.4 Å². The molecule has 1 aliphatic carbocycles. The van der Waals surface area contributed by atoms with Gasteiger partial charge in [-0.05, 0) is 71.5 Å². The third-order valence-corrected chi connectivity index (χ3v) is 5.24. The first-order valence-electron chi connectivity index (χ1n) is 8.78. The van der Waals surface area contributed by atoms with Crippen LogP contribution in [0.15, 0.2) is 42.0 Å². The smallest absolute Gasteiger partial charge is 0.123 e. The molecule has 0 amide bonds. The van der Waals surface area contributed by atoms with E-state index in [1.165, 1.54) is 11.6 Å². The summed E-state index contributed by atoms with van der Waals surface area (Å²) in [6.45, 7) is 2.05. The van der Waals surface area contributed by atoms with Crippen molar-refractivity contribution in [1.82, 2.24) is 4.90 Å². The molecule has 2 aromatic rings. The molecule has 0 bridgehead atoms. The van der Waals surface area contributed by atoms with E-state index in [1.807, 2.05) is 12.1 Å². The lowest BCUT2D eigenvalue weighted by atomic mass is 9.85. The number of aliphatic hydroxyl groups is 1. The molecule has 0 spiro atoms. The lowest BCUT2D eigenvalue weighted by molar-refractivity contribution is 0.282. The normalized spacial score (nSPS) is 17.2. The molecular weight excluding hydrogens is 313 g/mol. The Hall–Kier alpha value is -2.23. The number of hydrogen-bond acceptors (Lipinski definition) is 2. The number of aliphatic hydroxyl groups excluding tert-OH is 1. The minimum absolute atomic E-state index is 0.0123. The molecule has 0 radical (unpaired) electrons. The average molecular weight is 335 g/mol. The Kier molecular flexibility index (Phi) is 4.28. The number of piperidine rings is 1. The molecule has 0 unspecified atom stereocenters. The Labute approximate surface area is 147 Å². The first-order valence-corrected chi connectivity index (χ1v) is 8.78. The van der Waals surface area contributed by atoms with Gasteiger partial charge in [-0.2, -0.15) is 0 Å². The highest BCUT2D eigenvalue weighted by molar-refractivity contribution is 5.95. The summed E-state index contributed by atoms with van der Waals surface area (Å²) in [5.74, 6) is -0.208. The molecule has 2 aliphatic rings. The lowest BCUT2D eigenvalue weighted by Gasteiger charge is -2.27. The standard InChI is InChI=1S/C22H22FNO/c1-24-10-8-18(9-11-24)22-20-12-15(14-25)2-3-16(20)4-5-17-6-7-19(23)13-21(17)22/h2-7,12-13,25H,8-11,14H2,1H3. The van der Waals surface area contributed by atoms with E-state index in [1.54, 1.807) is 6.07 Å². The van der Waals surface area contributed by atoms with Crippen molar-refractivity contribution in [2.45, 2.75) is 19.4 Å². The summed E-state index contributed by atoms with van der Waals surface area (Å²) in [5, 5.41) is 9.58. The van der Waals surface area contributed by atoms with Gasteiger partial charge in [-0.15, -0.1) is 0 Å². The Balaban J connectivity index is 1.98. The molecule has 1 heterocycles. The second-order valence-electron chi connectivity index (χ2n) is 6.93. The molecular formula is C22H22FNO. The molecule has 1 fully saturated rings. The average Bonchev–Trinajstić information content (AvgIpc) is 2.78. The minimum Gasteiger partial charge on any atom is -0.392 e. The van der Waals surface area contributed by atoms with Gasteiger partial charge in [-0.1, -0.05) is 35.9 Å². The van der Waals surface area contributed by atoms with Crippen LogP contribution in [-0.2, 0) is 6.61 Å². The summed E-state index contributed by atoms with van der Waals surface area (Å²) in [6, 6.07) is 11.1. The Bertz CT molecular complexity index is 872. The zero-order valence-corrected chi connectivity index (χ0v) is 14.4. The SMILES string of the molecule is CN1CCC(=C2c3cc(F)ccc3C=Cc3ccc(CO)cc32)CC1. The van der Waals surface area contributed by atoms with Gasteiger partial charge in [-0.25, -0.2) is 4.39 Å². The summed E-state index contributed by atoms with van der Waals surface area (Å²) < 4.78 is 14.1. The summed E-state index contributed by atoms with van der Waals surface area (Å²) in [7, 11) is 2.14. The van der Waals surface area contributed by atoms with E-state index in [2.05, 4.69) is 36.2 Å². The monoisotopic (exact) mass is 335 g/mol. The molecule has 128 valence electrons. The van der Waals surface area contributed by atoms with Gasteiger partial charge in [0, 0.05) is 13.1 Å². The van der Waals surface area contributed by atoms with Gasteiger partial charge in [0.25, 0.3) is 0 Å². The maximum absolute atomic E-state index is 14.1. The predicted molar refractivity (Wildman–Crippen MR) is 100 cm³/mol. The second kappa shape index (κ2) is 6.58. The third kappa shape index (κ3) is 3.06. The first kappa shape index (κ1) is 16.2. The fourth-order valence-corrected chi connectivity index (χ4v) is 3.80. The summed E-state index contributed by atoms with van der Waals surface area (Å²) in [6.07, 6.45) is 6.14. The van der Waals surface area contributed by atoms with Crippen molar-refractivity contribution in [1.29, 1.82) is 0 Å². The number of benzene rings is 2. The third-order valence-electron chi connectivity index (χ3n) is 5.24. The van der Waals surface area contributed by atoms with Crippen LogP contribution in [0.4, 0.5) is 4.39 Å². The van der Waals surface area contributed by atoms with Crippen molar-refractivity contribution in [2.24, 2.45) is 0 Å². The van der Waals surface area contributed by atoms with Crippen LogP contribution in [0.2, 0.25) is 0 Å². The van der Waals surface area contributed by atoms with Gasteiger partial charge < -0.3 is 10.0 Å². The Morgan fingerprint density at radius 1 is 0.960 bits per heavy atom. The fourth-order valence-electron chi connectivity index (χ4n) is 3.80. The van der Waals surface area contributed by atoms with Gasteiger partial charge in [-0.3, -0.25) is 0 Å². The molecule has 2 aromatic carbocycles. The number of rotatable bonds is 1. The topological polar surface area (TPSA) is 23.5 Å². The molecule has 1 aliphatic heterocycles. The quantitative estimate of drug-likeness (QED) is 0.715. The largest absolute Gasteiger partial charge is 0.392 e. The van der Waals surface area contributed by atoms with E-state index >= 15 is 0 Å². The first-order chi connectivity index (χ1) is 12.2. The van der Waals surface area contributed by atoms with Crippen LogP contribution >= 0.6 is 0 Å². The van der Waals surface area contributed by atoms with Crippen LogP contribution in [-0.4, -0.2) is 30.1 Å². The van der Waals surface area contributed by atoms with Gasteiger partial charge in [0.05, 0.1) is 6.61 Å². The van der Waals surface area contributed by atoms with Crippen LogP contribution in [0.3, 0.4) is 0 Å². The van der Waals surface area contributed by atoms with Crippen LogP contribution in [0.5, 0.6) is 0 Å². The highest BCUT2D eigenvalue weighted by atomic mass is 19.1. The Morgan fingerprint density at radius 2 is 1.60 bits per heavy atom. The number of halogens is 1. The predicted octanol–water partition coefficient (Wildman–Crippen LogP) is 4.33. The number of nitrogens with zero attached hydrogens (tertiary/aromatic N) is 1. The maximum atomic E-state index is 14.1. The summed E-state index contributed by atoms with van der Waals surface area (Å²) >= 11 is 0. The zero-order valence-electron chi connectivity index (χ0n) is 14.4. The van der Waals surface area contributed by atoms with Crippen molar-refractivity contribution < 1.29 is 9.50 Å². The van der Waals surface area contributed by atoms with E-state index in [9.17, 15) is 9.50 Å². The maximum Gasteiger partial charge on any atom is 0.123 e.